The monoisotopic (exact) mass is 1060 g/mol. The Labute approximate surface area is 452 Å². The number of nitrogens with zero attached hydrogens (tertiary/aromatic N) is 5. The number of hydrogen-bond donors (Lipinski definition) is 6. The van der Waals surface area contributed by atoms with Crippen molar-refractivity contribution >= 4 is 29.4 Å². The third-order valence-corrected chi connectivity index (χ3v) is 13.4. The largest absolute Gasteiger partial charge is 0.477 e. The highest BCUT2D eigenvalue weighted by atomic mass is 16.5. The molecule has 1 saturated heterocycles. The summed E-state index contributed by atoms with van der Waals surface area (Å²) in [4.78, 5) is 65.7. The van der Waals surface area contributed by atoms with E-state index in [-0.39, 0.29) is 36.2 Å². The van der Waals surface area contributed by atoms with Gasteiger partial charge in [0.1, 0.15) is 11.4 Å². The molecule has 414 valence electrons. The van der Waals surface area contributed by atoms with Gasteiger partial charge in [-0.15, -0.1) is 0 Å². The Morgan fingerprint density at radius 2 is 1.22 bits per heavy atom. The molecule has 0 radical (unpaired) electrons. The van der Waals surface area contributed by atoms with Crippen LogP contribution in [0.2, 0.25) is 0 Å². The van der Waals surface area contributed by atoms with Gasteiger partial charge in [0.2, 0.25) is 5.91 Å². The predicted octanol–water partition coefficient (Wildman–Crippen LogP) is 6.13. The highest BCUT2D eigenvalue weighted by Crippen LogP contribution is 2.37. The lowest BCUT2D eigenvalue weighted by Crippen LogP contribution is -2.38. The highest BCUT2D eigenvalue weighted by molar-refractivity contribution is 5.96. The number of anilines is 1. The van der Waals surface area contributed by atoms with E-state index >= 15 is 0 Å². The Kier molecular flexibility index (Phi) is 25.0. The van der Waals surface area contributed by atoms with E-state index in [0.29, 0.717) is 115 Å². The van der Waals surface area contributed by atoms with Gasteiger partial charge < -0.3 is 56.6 Å². The first-order valence-corrected chi connectivity index (χ1v) is 26.7. The third kappa shape index (κ3) is 18.6. The van der Waals surface area contributed by atoms with E-state index in [1.807, 2.05) is 60.7 Å². The molecule has 19 nitrogen and oxygen atoms in total. The normalized spacial score (nSPS) is 17.8. The summed E-state index contributed by atoms with van der Waals surface area (Å²) in [6, 6.07) is 30.5. The number of pyridine rings is 2. The fraction of sp³-hybridized carbons (Fsp3) is 0.448. The van der Waals surface area contributed by atoms with Crippen molar-refractivity contribution in [1.82, 2.24) is 25.1 Å². The van der Waals surface area contributed by atoms with E-state index in [1.165, 1.54) is 44.2 Å². The molecule has 19 heteroatoms. The molecule has 2 amide bonds. The fourth-order valence-corrected chi connectivity index (χ4v) is 9.21. The number of carboxylic acids is 2. The number of rotatable bonds is 16. The number of aromatic carboxylic acids is 2. The molecule has 2 aromatic heterocycles. The van der Waals surface area contributed by atoms with Crippen molar-refractivity contribution in [3.05, 3.63) is 160 Å². The van der Waals surface area contributed by atoms with Gasteiger partial charge in [-0.2, -0.15) is 0 Å². The molecule has 3 atom stereocenters. The molecule has 3 aromatic carbocycles. The Morgan fingerprint density at radius 1 is 0.649 bits per heavy atom. The van der Waals surface area contributed by atoms with Gasteiger partial charge in [-0.3, -0.25) is 19.4 Å². The van der Waals surface area contributed by atoms with Crippen molar-refractivity contribution in [3.63, 3.8) is 0 Å². The topological polar surface area (TPSA) is 271 Å². The van der Waals surface area contributed by atoms with Crippen LogP contribution in [0.15, 0.2) is 109 Å². The molecule has 0 bridgehead atoms. The molecular formula is C58H77N9O10. The lowest BCUT2D eigenvalue weighted by molar-refractivity contribution is -0.118. The molecule has 3 unspecified atom stereocenters. The zero-order valence-electron chi connectivity index (χ0n) is 44.3. The Bertz CT molecular complexity index is 2600. The summed E-state index contributed by atoms with van der Waals surface area (Å²) in [7, 11) is 0. The average molecular weight is 1060 g/mol. The van der Waals surface area contributed by atoms with Crippen LogP contribution in [0.3, 0.4) is 0 Å². The maximum atomic E-state index is 13.9. The van der Waals surface area contributed by atoms with Crippen LogP contribution in [0.25, 0.3) is 0 Å². The minimum absolute atomic E-state index is 0.0111. The van der Waals surface area contributed by atoms with Crippen LogP contribution in [0.1, 0.15) is 129 Å². The second-order valence-corrected chi connectivity index (χ2v) is 18.9. The molecule has 4 heterocycles. The number of para-hydroxylation sites is 1. The van der Waals surface area contributed by atoms with Crippen LogP contribution in [0.4, 0.5) is 5.69 Å². The number of nitrogens with two attached hydrogens (primary N) is 3. The number of carbonyl (C=O) groups is 4. The van der Waals surface area contributed by atoms with Gasteiger partial charge in [0.15, 0.2) is 0 Å². The molecule has 2 aliphatic rings. The molecule has 2 aliphatic heterocycles. The molecule has 1 fully saturated rings. The number of carbonyl (C=O) groups excluding carboxylic acids is 2. The van der Waals surface area contributed by atoms with Crippen molar-refractivity contribution in [2.24, 2.45) is 17.2 Å². The molecule has 0 aliphatic carbocycles. The molecule has 7 rings (SSSR count). The first kappa shape index (κ1) is 59.7. The van der Waals surface area contributed by atoms with Gasteiger partial charge in [-0.1, -0.05) is 99.3 Å². The summed E-state index contributed by atoms with van der Waals surface area (Å²) in [5.74, 6) is -2.78. The quantitative estimate of drug-likeness (QED) is 0.0607. The maximum Gasteiger partial charge on any atom is 0.354 e. The van der Waals surface area contributed by atoms with Crippen molar-refractivity contribution < 1.29 is 48.3 Å². The summed E-state index contributed by atoms with van der Waals surface area (Å²) in [5, 5.41) is 22.2. The highest BCUT2D eigenvalue weighted by Gasteiger charge is 2.30. The van der Waals surface area contributed by atoms with Gasteiger partial charge in [0.05, 0.1) is 82.9 Å². The van der Waals surface area contributed by atoms with E-state index in [9.17, 15) is 29.4 Å². The number of ether oxygens (including phenoxy) is 4. The van der Waals surface area contributed by atoms with E-state index < -0.39 is 30.1 Å². The second kappa shape index (κ2) is 32.3. The molecule has 5 aromatic rings. The number of aromatic nitrogens is 2. The number of unbranched alkanes of at least 4 members (excludes halogenated alkanes) is 4. The van der Waals surface area contributed by atoms with Crippen molar-refractivity contribution in [3.8, 4) is 0 Å². The summed E-state index contributed by atoms with van der Waals surface area (Å²) in [5.41, 5.74) is 24.0. The zero-order valence-corrected chi connectivity index (χ0v) is 44.3. The van der Waals surface area contributed by atoms with Crippen molar-refractivity contribution in [2.45, 2.75) is 76.7 Å². The van der Waals surface area contributed by atoms with E-state index in [0.717, 1.165) is 28.8 Å². The number of amides is 2. The summed E-state index contributed by atoms with van der Waals surface area (Å²) in [6.07, 6.45) is 6.64. The standard InChI is InChI=1S/C51H60N8O10.C7H17N/c52-46-39-9-2-1-7-37(39)33-59(44-14-4-3-10-40(44)47(46)53)45(60)19-20-54-49(61)36-17-15-35(16-18-36)48(41-11-6-13-43(56-41)51(64)65)58-23-27-68-31-29-66-25-21-57(22-26-67-30-32-69-28-24-58)34-38-8-5-12-42(55-38)50(62)63;1-2-3-4-5-6-7-8/h1-18,46-48H,19-34,52-53H2,(H,54,61)(H,62,63)(H,64,65);2-8H2,1H3. The van der Waals surface area contributed by atoms with Crippen LogP contribution < -0.4 is 27.4 Å². The number of hydrogen-bond acceptors (Lipinski definition) is 15. The number of nitrogens with one attached hydrogen (secondary N) is 1. The fourth-order valence-electron chi connectivity index (χ4n) is 9.21. The Hall–Kier alpha value is -6.52. The van der Waals surface area contributed by atoms with Gasteiger partial charge in [0, 0.05) is 63.0 Å². The smallest absolute Gasteiger partial charge is 0.354 e. The van der Waals surface area contributed by atoms with Crippen LogP contribution in [-0.2, 0) is 36.8 Å². The number of fused-ring (bicyclic) bond motifs is 2. The number of carboxylic acid groups (broad SMARTS) is 2. The Balaban J connectivity index is 0.00000111. The molecule has 77 heavy (non-hydrogen) atoms. The average Bonchev–Trinajstić information content (AvgIpc) is 3.46. The van der Waals surface area contributed by atoms with E-state index in [2.05, 4.69) is 32.0 Å². The maximum absolute atomic E-state index is 13.9. The third-order valence-electron chi connectivity index (χ3n) is 13.4. The van der Waals surface area contributed by atoms with E-state index in [4.69, 9.17) is 36.1 Å². The molecule has 9 N–H and O–H groups in total. The van der Waals surface area contributed by atoms with Gasteiger partial charge >= 0.3 is 11.9 Å². The van der Waals surface area contributed by atoms with Gasteiger partial charge in [-0.05, 0) is 77.7 Å². The van der Waals surface area contributed by atoms with Crippen LogP contribution in [-0.4, -0.2) is 146 Å². The number of benzene rings is 3. The molecular weight excluding hydrogens is 983 g/mol. The molecule has 0 spiro atoms. The zero-order chi connectivity index (χ0) is 54.8. The predicted molar refractivity (Wildman–Crippen MR) is 293 cm³/mol. The summed E-state index contributed by atoms with van der Waals surface area (Å²) >= 11 is 0. The van der Waals surface area contributed by atoms with E-state index in [1.54, 1.807) is 41.3 Å². The first-order chi connectivity index (χ1) is 37.5. The second-order valence-electron chi connectivity index (χ2n) is 18.9. The van der Waals surface area contributed by atoms with Crippen LogP contribution in [0, 0.1) is 0 Å². The van der Waals surface area contributed by atoms with Gasteiger partial charge in [-0.25, -0.2) is 19.6 Å². The van der Waals surface area contributed by atoms with Gasteiger partial charge in [0.25, 0.3) is 5.91 Å². The van der Waals surface area contributed by atoms with Crippen molar-refractivity contribution in [2.75, 3.05) is 97.0 Å². The summed E-state index contributed by atoms with van der Waals surface area (Å²) < 4.78 is 23.9. The lowest BCUT2D eigenvalue weighted by atomic mass is 9.88. The van der Waals surface area contributed by atoms with Crippen molar-refractivity contribution in [1.29, 1.82) is 0 Å². The summed E-state index contributed by atoms with van der Waals surface area (Å²) in [6.45, 7) is 8.65. The Morgan fingerprint density at radius 3 is 1.86 bits per heavy atom. The first-order valence-electron chi connectivity index (χ1n) is 26.7. The minimum Gasteiger partial charge on any atom is -0.477 e. The van der Waals surface area contributed by atoms with Crippen LogP contribution >= 0.6 is 0 Å². The van der Waals surface area contributed by atoms with Crippen LogP contribution in [0.5, 0.6) is 0 Å². The lowest BCUT2D eigenvalue weighted by Gasteiger charge is -2.34. The molecule has 0 saturated carbocycles. The SMILES string of the molecule is CCCCCCCN.NC1c2ccccc2CN(C(=O)CCNC(=O)c2ccc(C(c3cccc(C(=O)O)n3)N3CCOCCOCCN(Cc4cccc(C(=O)O)n4)CCOCCOCC3)cc2)c2ccccc2C1N. The minimum atomic E-state index is -1.16.